The quantitative estimate of drug-likeness (QED) is 0.584. The van der Waals surface area contributed by atoms with Crippen molar-refractivity contribution in [1.29, 1.82) is 0 Å². The molecule has 0 bridgehead atoms. The normalized spacial score (nSPS) is 34.0. The number of benzene rings is 2. The highest BCUT2D eigenvalue weighted by atomic mass is 79.9. The molecule has 29 heavy (non-hydrogen) atoms. The number of carbonyl (C=O) groups is 1. The number of rotatable bonds is 2. The van der Waals surface area contributed by atoms with Crippen molar-refractivity contribution in [2.45, 2.75) is 55.6 Å². The summed E-state index contributed by atoms with van der Waals surface area (Å²) in [6, 6.07) is 16.9. The van der Waals surface area contributed by atoms with Crippen LogP contribution >= 0.6 is 15.9 Å². The number of carbonyl (C=O) groups excluding carboxylic acids is 1. The van der Waals surface area contributed by atoms with Crippen molar-refractivity contribution in [3.63, 3.8) is 0 Å². The highest BCUT2D eigenvalue weighted by Crippen LogP contribution is 2.72. The Bertz CT molecular complexity index is 1030. The van der Waals surface area contributed by atoms with Gasteiger partial charge in [0.15, 0.2) is 5.60 Å². The fraction of sp³-hybridized carbons (Fsp3) is 0.400. The Balaban J connectivity index is 1.59. The molecule has 4 heteroatoms. The van der Waals surface area contributed by atoms with Gasteiger partial charge in [0.2, 0.25) is 0 Å². The molecule has 0 amide bonds. The van der Waals surface area contributed by atoms with Crippen molar-refractivity contribution < 1.29 is 9.53 Å². The van der Waals surface area contributed by atoms with Crippen molar-refractivity contribution in [2.75, 3.05) is 5.32 Å². The maximum Gasteiger partial charge on any atom is 0.307 e. The molecule has 2 saturated carbocycles. The van der Waals surface area contributed by atoms with Gasteiger partial charge in [0.1, 0.15) is 0 Å². The molecule has 2 aromatic carbocycles. The molecule has 3 nitrogen and oxygen atoms in total. The van der Waals surface area contributed by atoms with E-state index in [0.29, 0.717) is 12.3 Å². The molecule has 1 spiro atoms. The largest absolute Gasteiger partial charge is 0.453 e. The molecule has 1 N–H and O–H groups in total. The van der Waals surface area contributed by atoms with Crippen LogP contribution in [-0.2, 0) is 14.9 Å². The fourth-order valence-electron chi connectivity index (χ4n) is 6.69. The van der Waals surface area contributed by atoms with Gasteiger partial charge in [-0.2, -0.15) is 0 Å². The Hall–Kier alpha value is -2.07. The number of fused-ring (bicyclic) bond motifs is 1. The van der Waals surface area contributed by atoms with Gasteiger partial charge in [-0.25, -0.2) is 0 Å². The van der Waals surface area contributed by atoms with Crippen LogP contribution in [0.2, 0.25) is 0 Å². The van der Waals surface area contributed by atoms with Crippen LogP contribution in [0.3, 0.4) is 0 Å². The predicted octanol–water partition coefficient (Wildman–Crippen LogP) is 5.84. The lowest BCUT2D eigenvalue weighted by molar-refractivity contribution is -0.158. The Labute approximate surface area is 179 Å². The zero-order valence-electron chi connectivity index (χ0n) is 16.3. The second-order valence-electron chi connectivity index (χ2n) is 8.94. The lowest BCUT2D eigenvalue weighted by Crippen LogP contribution is -2.72. The maximum absolute atomic E-state index is 12.9. The lowest BCUT2D eigenvalue weighted by Gasteiger charge is -2.61. The van der Waals surface area contributed by atoms with Crippen LogP contribution in [-0.4, -0.2) is 17.6 Å². The summed E-state index contributed by atoms with van der Waals surface area (Å²) in [5.41, 5.74) is 3.98. The average Bonchev–Trinajstić information content (AvgIpc) is 3.19. The molecule has 2 heterocycles. The Morgan fingerprint density at radius 2 is 1.83 bits per heavy atom. The Morgan fingerprint density at radius 1 is 1.03 bits per heavy atom. The third-order valence-corrected chi connectivity index (χ3v) is 8.32. The zero-order valence-corrected chi connectivity index (χ0v) is 17.9. The molecule has 0 radical (unpaired) electrons. The van der Waals surface area contributed by atoms with E-state index >= 15 is 0 Å². The van der Waals surface area contributed by atoms with Crippen molar-refractivity contribution in [1.82, 2.24) is 0 Å². The smallest absolute Gasteiger partial charge is 0.307 e. The monoisotopic (exact) mass is 449 g/mol. The molecule has 0 unspecified atom stereocenters. The summed E-state index contributed by atoms with van der Waals surface area (Å²) >= 11 is 3.81. The summed E-state index contributed by atoms with van der Waals surface area (Å²) in [7, 11) is 0. The first-order chi connectivity index (χ1) is 14.2. The van der Waals surface area contributed by atoms with Crippen LogP contribution in [0.4, 0.5) is 5.69 Å². The molecule has 1 saturated heterocycles. The minimum absolute atomic E-state index is 0.0533. The van der Waals surface area contributed by atoms with Gasteiger partial charge >= 0.3 is 5.97 Å². The number of hydrogen-bond acceptors (Lipinski definition) is 3. The molecule has 4 aliphatic rings. The van der Waals surface area contributed by atoms with Crippen LogP contribution in [0.15, 0.2) is 58.6 Å². The molecule has 0 aromatic heterocycles. The summed E-state index contributed by atoms with van der Waals surface area (Å²) in [5, 5.41) is 3.76. The standard InChI is InChI=1S/C25H24BrNO2/c26-19-12-7-13-20-22(19)24-15-21(28)29-25(24,17-10-5-2-6-11-17)18(23(24)27-20)14-16-8-3-1-4-9-16/h1,3-4,7-9,12-14,17,23,27H,2,5-6,10-11,15H2/b18-14+/t23-,24-,25-/m0/s1. The Kier molecular flexibility index (Phi) is 3.80. The van der Waals surface area contributed by atoms with E-state index < -0.39 is 5.60 Å². The summed E-state index contributed by atoms with van der Waals surface area (Å²) in [5.74, 6) is 0.330. The van der Waals surface area contributed by atoms with Crippen molar-refractivity contribution >= 4 is 33.7 Å². The van der Waals surface area contributed by atoms with Crippen LogP contribution in [0.5, 0.6) is 0 Å². The van der Waals surface area contributed by atoms with Gasteiger partial charge < -0.3 is 10.1 Å². The van der Waals surface area contributed by atoms with Gasteiger partial charge in [-0.05, 0) is 42.2 Å². The van der Waals surface area contributed by atoms with Crippen molar-refractivity contribution in [2.24, 2.45) is 5.92 Å². The van der Waals surface area contributed by atoms with Gasteiger partial charge in [0.05, 0.1) is 17.9 Å². The number of ether oxygens (including phenoxy) is 1. The van der Waals surface area contributed by atoms with Crippen LogP contribution < -0.4 is 5.32 Å². The maximum atomic E-state index is 12.9. The SMILES string of the molecule is O=C1C[C@]23c4c(Br)cccc4N[C@H]2/C(=C\c2ccccc2)[C@]3(C2CCCCC2)O1. The first kappa shape index (κ1) is 17.8. The molecule has 148 valence electrons. The zero-order chi connectivity index (χ0) is 19.6. The van der Waals surface area contributed by atoms with Gasteiger partial charge in [-0.15, -0.1) is 0 Å². The predicted molar refractivity (Wildman–Crippen MR) is 118 cm³/mol. The van der Waals surface area contributed by atoms with Gasteiger partial charge in [0.25, 0.3) is 0 Å². The molecule has 3 atom stereocenters. The number of hydrogen-bond donors (Lipinski definition) is 1. The Morgan fingerprint density at radius 3 is 2.62 bits per heavy atom. The molecule has 6 rings (SSSR count). The molecule has 2 aliphatic carbocycles. The highest BCUT2D eigenvalue weighted by molar-refractivity contribution is 9.10. The fourth-order valence-corrected chi connectivity index (χ4v) is 7.41. The van der Waals surface area contributed by atoms with Gasteiger partial charge in [-0.1, -0.05) is 71.6 Å². The minimum atomic E-state index is -0.521. The van der Waals surface area contributed by atoms with Crippen LogP contribution in [0.25, 0.3) is 6.08 Å². The van der Waals surface area contributed by atoms with E-state index in [-0.39, 0.29) is 17.4 Å². The second-order valence-corrected chi connectivity index (χ2v) is 9.80. The van der Waals surface area contributed by atoms with Crippen LogP contribution in [0, 0.1) is 5.92 Å². The molecule has 2 aromatic rings. The summed E-state index contributed by atoms with van der Waals surface area (Å²) in [4.78, 5) is 12.9. The molecular weight excluding hydrogens is 426 g/mol. The second kappa shape index (κ2) is 6.21. The summed E-state index contributed by atoms with van der Waals surface area (Å²) in [6.45, 7) is 0. The highest BCUT2D eigenvalue weighted by Gasteiger charge is 2.81. The third-order valence-electron chi connectivity index (χ3n) is 7.65. The van der Waals surface area contributed by atoms with Gasteiger partial charge in [0, 0.05) is 21.6 Å². The number of esters is 1. The minimum Gasteiger partial charge on any atom is -0.453 e. The van der Waals surface area contributed by atoms with E-state index in [2.05, 4.69) is 69.8 Å². The third kappa shape index (κ3) is 2.16. The molecule has 2 aliphatic heterocycles. The first-order valence-corrected chi connectivity index (χ1v) is 11.5. The van der Waals surface area contributed by atoms with E-state index in [1.807, 2.05) is 6.07 Å². The van der Waals surface area contributed by atoms with E-state index in [4.69, 9.17) is 4.74 Å². The first-order valence-electron chi connectivity index (χ1n) is 10.7. The number of anilines is 1. The van der Waals surface area contributed by atoms with E-state index in [0.717, 1.165) is 23.0 Å². The van der Waals surface area contributed by atoms with E-state index in [1.165, 1.54) is 36.0 Å². The topological polar surface area (TPSA) is 38.3 Å². The average molecular weight is 450 g/mol. The number of halogens is 1. The van der Waals surface area contributed by atoms with E-state index in [9.17, 15) is 4.79 Å². The molecule has 3 fully saturated rings. The van der Waals surface area contributed by atoms with Crippen molar-refractivity contribution in [3.05, 3.63) is 69.7 Å². The van der Waals surface area contributed by atoms with Gasteiger partial charge in [-0.3, -0.25) is 4.79 Å². The lowest BCUT2D eigenvalue weighted by atomic mass is 9.44. The number of nitrogens with one attached hydrogen (secondary N) is 1. The molecular formula is C25H24BrNO2. The summed E-state index contributed by atoms with van der Waals surface area (Å²) < 4.78 is 7.51. The van der Waals surface area contributed by atoms with Crippen LogP contribution in [0.1, 0.15) is 49.7 Å². The van der Waals surface area contributed by atoms with Crippen molar-refractivity contribution in [3.8, 4) is 0 Å². The van der Waals surface area contributed by atoms with E-state index in [1.54, 1.807) is 0 Å². The summed E-state index contributed by atoms with van der Waals surface area (Å²) in [6.07, 6.45) is 8.74.